The fourth-order valence-electron chi connectivity index (χ4n) is 3.92. The molecule has 1 aliphatic rings. The molecule has 0 aliphatic heterocycles. The van der Waals surface area contributed by atoms with Crippen LogP contribution < -0.4 is 5.32 Å². The van der Waals surface area contributed by atoms with Gasteiger partial charge in [0.1, 0.15) is 0 Å². The molecule has 1 aromatic rings. The SMILES string of the molecule is CCCNC(c1cccc(CCC)c1)C1(C)CCCCC1. The molecule has 21 heavy (non-hydrogen) atoms. The summed E-state index contributed by atoms with van der Waals surface area (Å²) in [5.74, 6) is 0. The molecule has 1 saturated carbocycles. The topological polar surface area (TPSA) is 12.0 Å². The van der Waals surface area contributed by atoms with Gasteiger partial charge in [-0.2, -0.15) is 0 Å². The van der Waals surface area contributed by atoms with Gasteiger partial charge in [0.2, 0.25) is 0 Å². The second kappa shape index (κ2) is 7.98. The van der Waals surface area contributed by atoms with E-state index in [0.717, 1.165) is 6.54 Å². The Kier molecular flexibility index (Phi) is 6.29. The summed E-state index contributed by atoms with van der Waals surface area (Å²) in [6, 6.07) is 9.86. The van der Waals surface area contributed by atoms with Gasteiger partial charge in [0.05, 0.1) is 0 Å². The summed E-state index contributed by atoms with van der Waals surface area (Å²) in [5, 5.41) is 3.87. The van der Waals surface area contributed by atoms with Gasteiger partial charge in [-0.25, -0.2) is 0 Å². The van der Waals surface area contributed by atoms with Crippen LogP contribution in [0.3, 0.4) is 0 Å². The molecule has 0 radical (unpaired) electrons. The molecule has 1 unspecified atom stereocenters. The molecule has 118 valence electrons. The number of nitrogens with one attached hydrogen (secondary N) is 1. The van der Waals surface area contributed by atoms with Gasteiger partial charge in [0.25, 0.3) is 0 Å². The van der Waals surface area contributed by atoms with Gasteiger partial charge in [-0.3, -0.25) is 0 Å². The van der Waals surface area contributed by atoms with Gasteiger partial charge in [-0.1, -0.05) is 70.7 Å². The standard InChI is InChI=1S/C20H33N/c1-4-10-17-11-9-12-18(16-17)19(21-15-5-2)20(3)13-7-6-8-14-20/h9,11-12,16,19,21H,4-8,10,13-15H2,1-3H3. The van der Waals surface area contributed by atoms with Crippen molar-refractivity contribution in [1.82, 2.24) is 5.32 Å². The monoisotopic (exact) mass is 287 g/mol. The maximum Gasteiger partial charge on any atom is 0.0374 e. The third-order valence-corrected chi connectivity index (χ3v) is 5.11. The average molecular weight is 287 g/mol. The van der Waals surface area contributed by atoms with E-state index in [1.54, 1.807) is 0 Å². The van der Waals surface area contributed by atoms with Crippen LogP contribution in [0.25, 0.3) is 0 Å². The van der Waals surface area contributed by atoms with Gasteiger partial charge in [0.15, 0.2) is 0 Å². The molecule has 1 atom stereocenters. The number of hydrogen-bond acceptors (Lipinski definition) is 1. The maximum absolute atomic E-state index is 3.87. The van der Waals surface area contributed by atoms with Crippen molar-refractivity contribution in [3.63, 3.8) is 0 Å². The molecule has 0 aromatic heterocycles. The number of hydrogen-bond donors (Lipinski definition) is 1. The van der Waals surface area contributed by atoms with Crippen LogP contribution in [0.15, 0.2) is 24.3 Å². The average Bonchev–Trinajstić information content (AvgIpc) is 2.49. The fourth-order valence-corrected chi connectivity index (χ4v) is 3.92. The van der Waals surface area contributed by atoms with E-state index in [1.807, 2.05) is 0 Å². The van der Waals surface area contributed by atoms with E-state index in [-0.39, 0.29) is 0 Å². The lowest BCUT2D eigenvalue weighted by Crippen LogP contribution is -2.38. The lowest BCUT2D eigenvalue weighted by atomic mass is 9.68. The molecule has 0 heterocycles. The maximum atomic E-state index is 3.87. The Balaban J connectivity index is 2.23. The van der Waals surface area contributed by atoms with Crippen molar-refractivity contribution in [2.24, 2.45) is 5.41 Å². The van der Waals surface area contributed by atoms with Crippen LogP contribution in [-0.2, 0) is 6.42 Å². The summed E-state index contributed by atoms with van der Waals surface area (Å²) in [6.45, 7) is 8.16. The van der Waals surface area contributed by atoms with Gasteiger partial charge in [0, 0.05) is 6.04 Å². The second-order valence-electron chi connectivity index (χ2n) is 7.10. The summed E-state index contributed by atoms with van der Waals surface area (Å²) < 4.78 is 0. The zero-order valence-corrected chi connectivity index (χ0v) is 14.3. The summed E-state index contributed by atoms with van der Waals surface area (Å²) in [6.07, 6.45) is 10.6. The molecule has 1 aliphatic carbocycles. The molecule has 0 saturated heterocycles. The van der Waals surface area contributed by atoms with E-state index < -0.39 is 0 Å². The Labute approximate surface area is 131 Å². The van der Waals surface area contributed by atoms with Crippen LogP contribution in [0.4, 0.5) is 0 Å². The van der Waals surface area contributed by atoms with E-state index >= 15 is 0 Å². The molecule has 2 rings (SSSR count). The highest BCUT2D eigenvalue weighted by Crippen LogP contribution is 2.45. The number of aryl methyl sites for hydroxylation is 1. The quantitative estimate of drug-likeness (QED) is 0.683. The van der Waals surface area contributed by atoms with Crippen LogP contribution in [0, 0.1) is 5.41 Å². The van der Waals surface area contributed by atoms with Crippen LogP contribution >= 0.6 is 0 Å². The molecular weight excluding hydrogens is 254 g/mol. The van der Waals surface area contributed by atoms with Crippen molar-refractivity contribution in [1.29, 1.82) is 0 Å². The summed E-state index contributed by atoms with van der Waals surface area (Å²) in [5.41, 5.74) is 3.44. The number of benzene rings is 1. The second-order valence-corrected chi connectivity index (χ2v) is 7.10. The van der Waals surface area contributed by atoms with Crippen molar-refractivity contribution in [2.75, 3.05) is 6.54 Å². The fraction of sp³-hybridized carbons (Fsp3) is 0.700. The molecule has 1 N–H and O–H groups in total. The van der Waals surface area contributed by atoms with Crippen molar-refractivity contribution >= 4 is 0 Å². The first-order valence-electron chi connectivity index (χ1n) is 9.02. The Bertz CT molecular complexity index is 418. The third kappa shape index (κ3) is 4.32. The largest absolute Gasteiger partial charge is 0.309 e. The van der Waals surface area contributed by atoms with Crippen molar-refractivity contribution in [3.05, 3.63) is 35.4 Å². The Morgan fingerprint density at radius 3 is 2.52 bits per heavy atom. The first-order chi connectivity index (χ1) is 10.2. The summed E-state index contributed by atoms with van der Waals surface area (Å²) in [4.78, 5) is 0. The molecule has 1 aromatic carbocycles. The predicted molar refractivity (Wildman–Crippen MR) is 92.7 cm³/mol. The van der Waals surface area contributed by atoms with Crippen LogP contribution in [0.2, 0.25) is 0 Å². The lowest BCUT2D eigenvalue weighted by molar-refractivity contribution is 0.144. The smallest absolute Gasteiger partial charge is 0.0374 e. The molecule has 0 spiro atoms. The highest BCUT2D eigenvalue weighted by Gasteiger charge is 2.35. The first-order valence-corrected chi connectivity index (χ1v) is 9.02. The van der Waals surface area contributed by atoms with Gasteiger partial charge < -0.3 is 5.32 Å². The summed E-state index contributed by atoms with van der Waals surface area (Å²) in [7, 11) is 0. The first kappa shape index (κ1) is 16.5. The van der Waals surface area contributed by atoms with Crippen molar-refractivity contribution in [2.45, 2.75) is 78.2 Å². The van der Waals surface area contributed by atoms with Crippen LogP contribution in [0.1, 0.15) is 82.9 Å². The minimum Gasteiger partial charge on any atom is -0.309 e. The van der Waals surface area contributed by atoms with E-state index in [0.29, 0.717) is 11.5 Å². The minimum atomic E-state index is 0.429. The molecule has 1 nitrogen and oxygen atoms in total. The Hall–Kier alpha value is -0.820. The summed E-state index contributed by atoms with van der Waals surface area (Å²) >= 11 is 0. The third-order valence-electron chi connectivity index (χ3n) is 5.11. The van der Waals surface area contributed by atoms with E-state index in [1.165, 1.54) is 62.5 Å². The Morgan fingerprint density at radius 2 is 1.86 bits per heavy atom. The van der Waals surface area contributed by atoms with E-state index in [4.69, 9.17) is 0 Å². The normalized spacial score (nSPS) is 19.4. The van der Waals surface area contributed by atoms with E-state index in [2.05, 4.69) is 50.4 Å². The van der Waals surface area contributed by atoms with Gasteiger partial charge in [-0.05, 0) is 48.8 Å². The molecule has 0 amide bonds. The lowest BCUT2D eigenvalue weighted by Gasteiger charge is -2.42. The highest BCUT2D eigenvalue weighted by atomic mass is 14.9. The zero-order chi connectivity index (χ0) is 15.1. The molecule has 1 heteroatoms. The zero-order valence-electron chi connectivity index (χ0n) is 14.3. The van der Waals surface area contributed by atoms with Gasteiger partial charge in [-0.15, -0.1) is 0 Å². The number of rotatable bonds is 7. The predicted octanol–water partition coefficient (Wildman–Crippen LogP) is 5.65. The van der Waals surface area contributed by atoms with Crippen molar-refractivity contribution in [3.8, 4) is 0 Å². The molecule has 1 fully saturated rings. The molecule has 0 bridgehead atoms. The van der Waals surface area contributed by atoms with Crippen molar-refractivity contribution < 1.29 is 0 Å². The molecular formula is C20H33N. The van der Waals surface area contributed by atoms with E-state index in [9.17, 15) is 0 Å². The van der Waals surface area contributed by atoms with Gasteiger partial charge >= 0.3 is 0 Å². The van der Waals surface area contributed by atoms with Crippen LogP contribution in [-0.4, -0.2) is 6.54 Å². The van der Waals surface area contributed by atoms with Crippen LogP contribution in [0.5, 0.6) is 0 Å². The highest BCUT2D eigenvalue weighted by molar-refractivity contribution is 5.28. The Morgan fingerprint density at radius 1 is 1.10 bits per heavy atom. The minimum absolute atomic E-state index is 0.429.